The van der Waals surface area contributed by atoms with Crippen LogP contribution in [-0.2, 0) is 13.1 Å². The van der Waals surface area contributed by atoms with Crippen LogP contribution in [0.5, 0.6) is 0 Å². The predicted octanol–water partition coefficient (Wildman–Crippen LogP) is 3.14. The van der Waals surface area contributed by atoms with Gasteiger partial charge < -0.3 is 0 Å². The molecule has 2 aromatic rings. The van der Waals surface area contributed by atoms with Gasteiger partial charge >= 0.3 is 0 Å². The van der Waals surface area contributed by atoms with Crippen molar-refractivity contribution in [2.75, 3.05) is 19.6 Å². The van der Waals surface area contributed by atoms with Crippen LogP contribution < -0.4 is 0 Å². The molecule has 1 aliphatic heterocycles. The second-order valence-corrected chi connectivity index (χ2v) is 6.59. The topological polar surface area (TPSA) is 54.1 Å². The summed E-state index contributed by atoms with van der Waals surface area (Å²) in [5.74, 6) is 0. The van der Waals surface area contributed by atoms with E-state index in [4.69, 9.17) is 0 Å². The average molecular weight is 330 g/mol. The van der Waals surface area contributed by atoms with Gasteiger partial charge in [-0.2, -0.15) is 10.5 Å². The summed E-state index contributed by atoms with van der Waals surface area (Å²) in [6, 6.07) is 20.6. The van der Waals surface area contributed by atoms with Gasteiger partial charge in [-0.25, -0.2) is 0 Å². The van der Waals surface area contributed by atoms with Gasteiger partial charge in [0.25, 0.3) is 0 Å². The second-order valence-electron chi connectivity index (χ2n) is 6.59. The molecule has 4 heteroatoms. The highest BCUT2D eigenvalue weighted by molar-refractivity contribution is 5.38. The Bertz CT molecular complexity index is 815. The molecule has 4 nitrogen and oxygen atoms in total. The molecule has 0 radical (unpaired) electrons. The number of nitrogens with zero attached hydrogens (tertiary/aromatic N) is 4. The first-order chi connectivity index (χ1) is 12.2. The lowest BCUT2D eigenvalue weighted by Gasteiger charge is -2.40. The molecular formula is C21H22N4. The fraction of sp³-hybridized carbons (Fsp3) is 0.333. The van der Waals surface area contributed by atoms with Crippen LogP contribution >= 0.6 is 0 Å². The predicted molar refractivity (Wildman–Crippen MR) is 97.5 cm³/mol. The normalized spacial score (nSPS) is 18.4. The molecule has 126 valence electrons. The first-order valence-electron chi connectivity index (χ1n) is 8.63. The molecule has 3 rings (SSSR count). The van der Waals surface area contributed by atoms with Crippen LogP contribution in [0.1, 0.15) is 29.2 Å². The van der Waals surface area contributed by atoms with E-state index in [2.05, 4.69) is 28.9 Å². The van der Waals surface area contributed by atoms with Crippen molar-refractivity contribution >= 4 is 0 Å². The number of nitriles is 2. The highest BCUT2D eigenvalue weighted by Crippen LogP contribution is 2.19. The molecule has 0 bridgehead atoms. The quantitative estimate of drug-likeness (QED) is 0.864. The van der Waals surface area contributed by atoms with Gasteiger partial charge in [-0.05, 0) is 30.2 Å². The number of benzene rings is 2. The third-order valence-electron chi connectivity index (χ3n) is 4.89. The fourth-order valence-corrected chi connectivity index (χ4v) is 3.44. The van der Waals surface area contributed by atoms with Gasteiger partial charge in [-0.1, -0.05) is 36.4 Å². The first-order valence-corrected chi connectivity index (χ1v) is 8.63. The average Bonchev–Trinajstić information content (AvgIpc) is 2.65. The Balaban J connectivity index is 1.63. The lowest BCUT2D eigenvalue weighted by atomic mass is 10.0. The molecule has 1 aliphatic rings. The van der Waals surface area contributed by atoms with E-state index in [-0.39, 0.29) is 0 Å². The molecule has 2 aromatic carbocycles. The van der Waals surface area contributed by atoms with Crippen molar-refractivity contribution in [3.05, 3.63) is 70.8 Å². The monoisotopic (exact) mass is 330 g/mol. The highest BCUT2D eigenvalue weighted by Gasteiger charge is 2.24. The van der Waals surface area contributed by atoms with Crippen LogP contribution in [-0.4, -0.2) is 35.5 Å². The maximum Gasteiger partial charge on any atom is 0.0995 e. The summed E-state index contributed by atoms with van der Waals surface area (Å²) in [6.45, 7) is 6.77. The van der Waals surface area contributed by atoms with Crippen molar-refractivity contribution in [3.8, 4) is 12.1 Å². The summed E-state index contributed by atoms with van der Waals surface area (Å²) < 4.78 is 0. The number of piperazine rings is 1. The number of rotatable bonds is 4. The Morgan fingerprint density at radius 2 is 1.44 bits per heavy atom. The van der Waals surface area contributed by atoms with Crippen LogP contribution in [0.25, 0.3) is 0 Å². The summed E-state index contributed by atoms with van der Waals surface area (Å²) >= 11 is 0. The van der Waals surface area contributed by atoms with Gasteiger partial charge in [0.1, 0.15) is 0 Å². The molecular weight excluding hydrogens is 308 g/mol. The van der Waals surface area contributed by atoms with Crippen LogP contribution in [0.3, 0.4) is 0 Å². The van der Waals surface area contributed by atoms with Crippen LogP contribution in [0.15, 0.2) is 48.5 Å². The molecule has 1 heterocycles. The molecule has 1 saturated heterocycles. The van der Waals surface area contributed by atoms with E-state index in [0.29, 0.717) is 6.04 Å². The lowest BCUT2D eigenvalue weighted by molar-refractivity contribution is 0.0732. The minimum absolute atomic E-state index is 0.412. The summed E-state index contributed by atoms with van der Waals surface area (Å²) in [4.78, 5) is 4.84. The zero-order chi connectivity index (χ0) is 17.6. The summed E-state index contributed by atoms with van der Waals surface area (Å²) in [5, 5.41) is 18.5. The Morgan fingerprint density at radius 1 is 0.880 bits per heavy atom. The number of hydrogen-bond acceptors (Lipinski definition) is 4. The minimum Gasteiger partial charge on any atom is -0.296 e. The molecule has 25 heavy (non-hydrogen) atoms. The molecule has 0 amide bonds. The Morgan fingerprint density at radius 3 is 2.00 bits per heavy atom. The van der Waals surface area contributed by atoms with Gasteiger partial charge in [0, 0.05) is 38.8 Å². The highest BCUT2D eigenvalue weighted by atomic mass is 15.3. The van der Waals surface area contributed by atoms with E-state index >= 15 is 0 Å². The molecule has 1 atom stereocenters. The van der Waals surface area contributed by atoms with E-state index in [9.17, 15) is 10.5 Å². The summed E-state index contributed by atoms with van der Waals surface area (Å²) in [6.07, 6.45) is 0. The van der Waals surface area contributed by atoms with Crippen molar-refractivity contribution in [1.82, 2.24) is 9.80 Å². The molecule has 0 aliphatic carbocycles. The smallest absolute Gasteiger partial charge is 0.0995 e. The van der Waals surface area contributed by atoms with Crippen molar-refractivity contribution in [1.29, 1.82) is 10.5 Å². The van der Waals surface area contributed by atoms with Gasteiger partial charge in [-0.15, -0.1) is 0 Å². The van der Waals surface area contributed by atoms with Crippen molar-refractivity contribution in [3.63, 3.8) is 0 Å². The van der Waals surface area contributed by atoms with Gasteiger partial charge in [0.15, 0.2) is 0 Å². The molecule has 1 unspecified atom stereocenters. The third-order valence-corrected chi connectivity index (χ3v) is 4.89. The van der Waals surface area contributed by atoms with E-state index in [0.717, 1.165) is 55.0 Å². The van der Waals surface area contributed by atoms with E-state index in [1.807, 2.05) is 48.5 Å². The van der Waals surface area contributed by atoms with Gasteiger partial charge in [-0.3, -0.25) is 9.80 Å². The number of hydrogen-bond donors (Lipinski definition) is 0. The SMILES string of the molecule is CC1CN(Cc2ccccc2C#N)CCN1Cc1ccccc1C#N. The van der Waals surface area contributed by atoms with E-state index < -0.39 is 0 Å². The largest absolute Gasteiger partial charge is 0.296 e. The van der Waals surface area contributed by atoms with Crippen molar-refractivity contribution in [2.24, 2.45) is 0 Å². The minimum atomic E-state index is 0.412. The van der Waals surface area contributed by atoms with Crippen LogP contribution in [0, 0.1) is 22.7 Å². The van der Waals surface area contributed by atoms with Crippen molar-refractivity contribution < 1.29 is 0 Å². The van der Waals surface area contributed by atoms with Crippen molar-refractivity contribution in [2.45, 2.75) is 26.1 Å². The molecule has 0 saturated carbocycles. The molecule has 0 N–H and O–H groups in total. The summed E-state index contributed by atoms with van der Waals surface area (Å²) in [7, 11) is 0. The van der Waals surface area contributed by atoms with Crippen LogP contribution in [0.2, 0.25) is 0 Å². The molecule has 0 spiro atoms. The molecule has 0 aromatic heterocycles. The van der Waals surface area contributed by atoms with E-state index in [1.54, 1.807) is 0 Å². The molecule has 1 fully saturated rings. The van der Waals surface area contributed by atoms with Crippen LogP contribution in [0.4, 0.5) is 0 Å². The fourth-order valence-electron chi connectivity index (χ4n) is 3.44. The maximum absolute atomic E-state index is 9.27. The zero-order valence-corrected chi connectivity index (χ0v) is 14.5. The lowest BCUT2D eigenvalue weighted by Crippen LogP contribution is -2.51. The summed E-state index contributed by atoms with van der Waals surface area (Å²) in [5.41, 5.74) is 3.72. The zero-order valence-electron chi connectivity index (χ0n) is 14.5. The Hall–Kier alpha value is -2.66. The second kappa shape index (κ2) is 7.94. The van der Waals surface area contributed by atoms with Gasteiger partial charge in [0.2, 0.25) is 0 Å². The standard InChI is InChI=1S/C21H22N4/c1-17-14-24(15-20-8-4-2-6-18(20)12-22)10-11-25(17)16-21-9-5-3-7-19(21)13-23/h2-9,17H,10-11,14-16H2,1H3. The maximum atomic E-state index is 9.27. The van der Waals surface area contributed by atoms with E-state index in [1.165, 1.54) is 0 Å². The third kappa shape index (κ3) is 4.06. The Labute approximate surface area is 149 Å². The first kappa shape index (κ1) is 17.2. The Kier molecular flexibility index (Phi) is 5.46. The van der Waals surface area contributed by atoms with Gasteiger partial charge in [0.05, 0.1) is 23.3 Å².